The molecule has 0 atom stereocenters. The molecule has 3 aromatic rings. The molecule has 1 saturated heterocycles. The van der Waals surface area contributed by atoms with Crippen LogP contribution < -0.4 is 14.4 Å². The van der Waals surface area contributed by atoms with E-state index in [-0.39, 0.29) is 38.0 Å². The first kappa shape index (κ1) is 25.1. The summed E-state index contributed by atoms with van der Waals surface area (Å²) in [5, 5.41) is 11.2. The van der Waals surface area contributed by atoms with Gasteiger partial charge in [0.15, 0.2) is 15.8 Å². The molecule has 0 aliphatic carbocycles. The highest BCUT2D eigenvalue weighted by molar-refractivity contribution is 8.27. The average molecular weight is 534 g/mol. The first-order chi connectivity index (χ1) is 17.1. The van der Waals surface area contributed by atoms with Gasteiger partial charge in [0.1, 0.15) is 0 Å². The van der Waals surface area contributed by atoms with Crippen molar-refractivity contribution in [2.45, 2.75) is 6.18 Å². The molecule has 0 bridgehead atoms. The van der Waals surface area contributed by atoms with Crippen molar-refractivity contribution >= 4 is 51.7 Å². The number of rotatable bonds is 6. The third-order valence-corrected chi connectivity index (χ3v) is 6.17. The molecule has 184 valence electrons. The van der Waals surface area contributed by atoms with E-state index in [1.165, 1.54) is 55.8 Å². The van der Waals surface area contributed by atoms with Gasteiger partial charge in [-0.05, 0) is 48.0 Å². The van der Waals surface area contributed by atoms with Crippen LogP contribution in [0.1, 0.15) is 11.1 Å². The lowest BCUT2D eigenvalue weighted by Crippen LogP contribution is -2.27. The predicted octanol–water partition coefficient (Wildman–Crippen LogP) is 6.22. The number of methoxy groups -OCH3 is 1. The van der Waals surface area contributed by atoms with Crippen LogP contribution in [0.4, 0.5) is 24.5 Å². The van der Waals surface area contributed by atoms with Crippen molar-refractivity contribution in [1.29, 1.82) is 0 Å². The van der Waals surface area contributed by atoms with Crippen molar-refractivity contribution in [3.8, 4) is 17.4 Å². The molecule has 4 rings (SSSR count). The van der Waals surface area contributed by atoms with Crippen molar-refractivity contribution in [3.05, 3.63) is 86.9 Å². The number of alkyl halides is 3. The van der Waals surface area contributed by atoms with Crippen LogP contribution in [0, 0.1) is 10.1 Å². The summed E-state index contributed by atoms with van der Waals surface area (Å²) >= 11 is 6.19. The van der Waals surface area contributed by atoms with E-state index in [0.717, 1.165) is 28.8 Å². The fraction of sp³-hybridized carbons (Fsp3) is 0.0870. The summed E-state index contributed by atoms with van der Waals surface area (Å²) in [4.78, 5) is 28.7. The lowest BCUT2D eigenvalue weighted by molar-refractivity contribution is -0.386. The molecule has 1 fully saturated rings. The number of nitro groups is 1. The van der Waals surface area contributed by atoms with Crippen molar-refractivity contribution < 1.29 is 32.4 Å². The lowest BCUT2D eigenvalue weighted by atomic mass is 10.1. The van der Waals surface area contributed by atoms with Crippen LogP contribution in [0.15, 0.2) is 65.7 Å². The third kappa shape index (κ3) is 5.16. The number of hydrogen-bond donors (Lipinski definition) is 0. The Labute approximate surface area is 211 Å². The number of thioether (sulfide) groups is 1. The number of amides is 1. The molecule has 8 nitrogen and oxygen atoms in total. The fourth-order valence-electron chi connectivity index (χ4n) is 3.23. The van der Waals surface area contributed by atoms with Crippen LogP contribution in [-0.2, 0) is 11.0 Å². The molecule has 0 saturated carbocycles. The molecule has 2 heterocycles. The zero-order valence-corrected chi connectivity index (χ0v) is 19.8. The van der Waals surface area contributed by atoms with Gasteiger partial charge in [0, 0.05) is 12.3 Å². The van der Waals surface area contributed by atoms with Crippen molar-refractivity contribution in [1.82, 2.24) is 4.98 Å². The highest BCUT2D eigenvalue weighted by Gasteiger charge is 2.36. The predicted molar refractivity (Wildman–Crippen MR) is 131 cm³/mol. The molecule has 0 spiro atoms. The lowest BCUT2D eigenvalue weighted by Gasteiger charge is -2.16. The molecule has 0 unspecified atom stereocenters. The minimum absolute atomic E-state index is 0.00834. The van der Waals surface area contributed by atoms with Gasteiger partial charge in [0.05, 0.1) is 28.2 Å². The van der Waals surface area contributed by atoms with Gasteiger partial charge in [-0.25, -0.2) is 4.98 Å². The highest BCUT2D eigenvalue weighted by Crippen LogP contribution is 2.40. The summed E-state index contributed by atoms with van der Waals surface area (Å²) < 4.78 is 50.3. The van der Waals surface area contributed by atoms with Gasteiger partial charge < -0.3 is 9.47 Å². The Hall–Kier alpha value is -3.97. The number of pyridine rings is 1. The topological polar surface area (TPSA) is 94.8 Å². The standard InChI is InChI=1S/C23H14F3N3O5S2/c1-33-18-10-13(7-8-17(18)34-20-16(29(31)32)6-3-9-27-20)11-19-21(30)28(22(35)36-19)15-5-2-4-14(12-15)23(24,25)26/h2-12H,1H3/b19-11+. The number of aromatic nitrogens is 1. The van der Waals surface area contributed by atoms with Gasteiger partial charge in [0.2, 0.25) is 0 Å². The zero-order valence-electron chi connectivity index (χ0n) is 18.2. The molecule has 1 aliphatic rings. The Morgan fingerprint density at radius 3 is 2.61 bits per heavy atom. The van der Waals surface area contributed by atoms with E-state index in [9.17, 15) is 28.1 Å². The Morgan fingerprint density at radius 2 is 1.92 bits per heavy atom. The summed E-state index contributed by atoms with van der Waals surface area (Å²) in [7, 11) is 1.37. The highest BCUT2D eigenvalue weighted by atomic mass is 32.2. The normalized spacial score (nSPS) is 14.9. The molecule has 1 aliphatic heterocycles. The summed E-state index contributed by atoms with van der Waals surface area (Å²) in [5.74, 6) is -0.451. The Kier molecular flexibility index (Phi) is 6.95. The molecule has 1 amide bonds. The van der Waals surface area contributed by atoms with E-state index < -0.39 is 22.6 Å². The third-order valence-electron chi connectivity index (χ3n) is 4.87. The van der Waals surface area contributed by atoms with Gasteiger partial charge in [-0.3, -0.25) is 19.8 Å². The van der Waals surface area contributed by atoms with Crippen LogP contribution in [0.3, 0.4) is 0 Å². The average Bonchev–Trinajstić information content (AvgIpc) is 3.12. The van der Waals surface area contributed by atoms with Crippen LogP contribution in [0.2, 0.25) is 0 Å². The van der Waals surface area contributed by atoms with E-state index in [1.54, 1.807) is 6.07 Å². The summed E-state index contributed by atoms with van der Waals surface area (Å²) in [6.45, 7) is 0. The second-order valence-electron chi connectivity index (χ2n) is 7.16. The maximum Gasteiger partial charge on any atom is 0.416 e. The number of benzene rings is 2. The Morgan fingerprint density at radius 1 is 1.14 bits per heavy atom. The molecule has 1 aromatic heterocycles. The molecule has 13 heteroatoms. The van der Waals surface area contributed by atoms with Crippen LogP contribution in [-0.4, -0.2) is 27.2 Å². The van der Waals surface area contributed by atoms with Crippen LogP contribution in [0.5, 0.6) is 17.4 Å². The maximum atomic E-state index is 13.1. The first-order valence-corrected chi connectivity index (χ1v) is 11.2. The van der Waals surface area contributed by atoms with Crippen molar-refractivity contribution in [3.63, 3.8) is 0 Å². The summed E-state index contributed by atoms with van der Waals surface area (Å²) in [5.41, 5.74) is -0.721. The van der Waals surface area contributed by atoms with E-state index >= 15 is 0 Å². The van der Waals surface area contributed by atoms with Gasteiger partial charge in [0.25, 0.3) is 11.8 Å². The van der Waals surface area contributed by atoms with E-state index in [2.05, 4.69) is 4.98 Å². The Bertz CT molecular complexity index is 1410. The number of ether oxygens (including phenoxy) is 2. The number of nitrogens with zero attached hydrogens (tertiary/aromatic N) is 3. The van der Waals surface area contributed by atoms with Crippen LogP contribution >= 0.6 is 24.0 Å². The molecule has 2 aromatic carbocycles. The molecular formula is C23H14F3N3O5S2. The number of carbonyl (C=O) groups is 1. The smallest absolute Gasteiger partial charge is 0.416 e. The second-order valence-corrected chi connectivity index (χ2v) is 8.84. The van der Waals surface area contributed by atoms with E-state index in [0.29, 0.717) is 5.56 Å². The number of anilines is 1. The van der Waals surface area contributed by atoms with Gasteiger partial charge in [-0.1, -0.05) is 36.1 Å². The largest absolute Gasteiger partial charge is 0.493 e. The SMILES string of the molecule is COc1cc(/C=C2/SC(=S)N(c3cccc(C(F)(F)F)c3)C2=O)ccc1Oc1ncccc1[N+](=O)[O-]. The molecule has 0 N–H and O–H groups in total. The first-order valence-electron chi connectivity index (χ1n) is 9.99. The van der Waals surface area contributed by atoms with Gasteiger partial charge in [-0.15, -0.1) is 0 Å². The molecule has 0 radical (unpaired) electrons. The van der Waals surface area contributed by atoms with Gasteiger partial charge >= 0.3 is 11.9 Å². The van der Waals surface area contributed by atoms with Crippen molar-refractivity contribution in [2.75, 3.05) is 12.0 Å². The quantitative estimate of drug-likeness (QED) is 0.160. The molecular weight excluding hydrogens is 519 g/mol. The number of hydrogen-bond acceptors (Lipinski definition) is 8. The van der Waals surface area contributed by atoms with E-state index in [4.69, 9.17) is 21.7 Å². The van der Waals surface area contributed by atoms with Crippen LogP contribution in [0.25, 0.3) is 6.08 Å². The second kappa shape index (κ2) is 9.95. The molecule has 36 heavy (non-hydrogen) atoms. The minimum Gasteiger partial charge on any atom is -0.493 e. The number of thiocarbonyl (C=S) groups is 1. The van der Waals surface area contributed by atoms with Gasteiger partial charge in [-0.2, -0.15) is 13.2 Å². The fourth-order valence-corrected chi connectivity index (χ4v) is 4.52. The minimum atomic E-state index is -4.57. The summed E-state index contributed by atoms with van der Waals surface area (Å²) in [6, 6.07) is 11.6. The zero-order chi connectivity index (χ0) is 26.0. The van der Waals surface area contributed by atoms with E-state index in [1.807, 2.05) is 0 Å². The van der Waals surface area contributed by atoms with Crippen molar-refractivity contribution in [2.24, 2.45) is 0 Å². The number of carbonyl (C=O) groups excluding carboxylic acids is 1. The summed E-state index contributed by atoms with van der Waals surface area (Å²) in [6.07, 6.45) is -1.72. The number of halogens is 3. The maximum absolute atomic E-state index is 13.1. The Balaban J connectivity index is 1.61. The monoisotopic (exact) mass is 533 g/mol.